The van der Waals surface area contributed by atoms with Crippen molar-refractivity contribution in [2.45, 2.75) is 120 Å². The first-order valence-electron chi connectivity index (χ1n) is 18.1. The molecule has 2 aromatic heterocycles. The molecule has 5 heterocycles. The average molecular weight is 787 g/mol. The molecule has 3 saturated heterocycles. The standard InChI is InChI=1S/C38H42O18/c1-11-9-10-17-20-18(11)34(46)54-30-19-15(26(42)22(21(20)30)35(47)52-17)7-6-8-16(19)53-37-32(27(43)23(39)12(2)50-37)56-38-33(28(44)24(40)13(3)51-38)55-36-29(45)31(48-5)25(41)14(4)49-36/h6-10,12-14,23-25,27-29,31-33,36-45H,1-5H3. The van der Waals surface area contributed by atoms with Crippen molar-refractivity contribution < 1.29 is 77.7 Å². The molecule has 0 amide bonds. The molecule has 18 nitrogen and oxygen atoms in total. The quantitative estimate of drug-likeness (QED) is 0.0661. The third-order valence-corrected chi connectivity index (χ3v) is 11.1. The Bertz CT molecular complexity index is 2380. The Morgan fingerprint density at radius 1 is 0.589 bits per heavy atom. The molecule has 0 bridgehead atoms. The molecular weight excluding hydrogens is 744 g/mol. The highest BCUT2D eigenvalue weighted by atomic mass is 16.8. The molecule has 3 aliphatic rings. The number of aliphatic hydroxyl groups is 6. The van der Waals surface area contributed by atoms with Gasteiger partial charge in [-0.15, -0.1) is 0 Å². The van der Waals surface area contributed by atoms with Crippen molar-refractivity contribution in [3.63, 3.8) is 0 Å². The Labute approximate surface area is 316 Å². The normalized spacial score (nSPS) is 36.9. The number of phenols is 1. The molecule has 8 rings (SSSR count). The van der Waals surface area contributed by atoms with Crippen molar-refractivity contribution in [3.05, 3.63) is 56.7 Å². The summed E-state index contributed by atoms with van der Waals surface area (Å²) in [6, 6.07) is 7.56. The first kappa shape index (κ1) is 38.8. The minimum absolute atomic E-state index is 0.0391. The van der Waals surface area contributed by atoms with E-state index < -0.39 is 109 Å². The van der Waals surface area contributed by atoms with Crippen LogP contribution in [0.15, 0.2) is 48.8 Å². The van der Waals surface area contributed by atoms with E-state index in [1.54, 1.807) is 13.0 Å². The highest BCUT2D eigenvalue weighted by molar-refractivity contribution is 6.28. The summed E-state index contributed by atoms with van der Waals surface area (Å²) < 4.78 is 52.8. The molecule has 3 fully saturated rings. The Hall–Kier alpha value is -4.02. The first-order chi connectivity index (χ1) is 26.6. The summed E-state index contributed by atoms with van der Waals surface area (Å²) in [6.07, 6.45) is -21.5. The van der Waals surface area contributed by atoms with Crippen LogP contribution in [0.4, 0.5) is 0 Å². The van der Waals surface area contributed by atoms with Crippen molar-refractivity contribution in [3.8, 4) is 11.5 Å². The maximum absolute atomic E-state index is 13.5. The minimum Gasteiger partial charge on any atom is -0.506 e. The van der Waals surface area contributed by atoms with Gasteiger partial charge in [-0.05, 0) is 45.4 Å². The highest BCUT2D eigenvalue weighted by Gasteiger charge is 2.53. The molecule has 5 aromatic rings. The summed E-state index contributed by atoms with van der Waals surface area (Å²) in [5, 5.41) is 77.8. The summed E-state index contributed by atoms with van der Waals surface area (Å²) in [5.74, 6) is -0.541. The van der Waals surface area contributed by atoms with E-state index in [4.69, 9.17) is 42.0 Å². The maximum Gasteiger partial charge on any atom is 0.348 e. The number of aromatic hydroxyl groups is 1. The monoisotopic (exact) mass is 786 g/mol. The largest absolute Gasteiger partial charge is 0.506 e. The van der Waals surface area contributed by atoms with Gasteiger partial charge in [0, 0.05) is 23.3 Å². The van der Waals surface area contributed by atoms with Crippen molar-refractivity contribution >= 4 is 43.5 Å². The molecule has 0 spiro atoms. The van der Waals surface area contributed by atoms with Crippen LogP contribution in [0.3, 0.4) is 0 Å². The Morgan fingerprint density at radius 2 is 1.18 bits per heavy atom. The van der Waals surface area contributed by atoms with Crippen LogP contribution in [-0.4, -0.2) is 135 Å². The van der Waals surface area contributed by atoms with E-state index in [0.717, 1.165) is 0 Å². The molecule has 15 atom stereocenters. The summed E-state index contributed by atoms with van der Waals surface area (Å²) in [4.78, 5) is 26.8. The lowest BCUT2D eigenvalue weighted by Crippen LogP contribution is -2.66. The average Bonchev–Trinajstić information content (AvgIpc) is 3.16. The second kappa shape index (κ2) is 14.4. The van der Waals surface area contributed by atoms with Gasteiger partial charge in [-0.25, -0.2) is 9.59 Å². The molecule has 15 unspecified atom stereocenters. The number of benzene rings is 3. The van der Waals surface area contributed by atoms with Crippen LogP contribution in [0.25, 0.3) is 43.5 Å². The van der Waals surface area contributed by atoms with Crippen LogP contribution in [0.5, 0.6) is 11.5 Å². The maximum atomic E-state index is 13.5. The van der Waals surface area contributed by atoms with Crippen LogP contribution in [0, 0.1) is 6.92 Å². The van der Waals surface area contributed by atoms with Crippen LogP contribution < -0.4 is 16.0 Å². The van der Waals surface area contributed by atoms with Gasteiger partial charge in [0.1, 0.15) is 71.3 Å². The van der Waals surface area contributed by atoms with Crippen molar-refractivity contribution in [1.29, 1.82) is 0 Å². The Balaban J connectivity index is 1.20. The van der Waals surface area contributed by atoms with Crippen molar-refractivity contribution in [2.75, 3.05) is 7.11 Å². The molecule has 3 aromatic carbocycles. The number of ether oxygens (including phenoxy) is 7. The van der Waals surface area contributed by atoms with Crippen molar-refractivity contribution in [1.82, 2.24) is 0 Å². The third kappa shape index (κ3) is 6.03. The van der Waals surface area contributed by atoms with Gasteiger partial charge in [-0.3, -0.25) is 0 Å². The second-order valence-electron chi connectivity index (χ2n) is 14.6. The smallest absolute Gasteiger partial charge is 0.348 e. The third-order valence-electron chi connectivity index (χ3n) is 11.1. The first-order valence-corrected chi connectivity index (χ1v) is 18.1. The number of aryl methyl sites for hydroxylation is 1. The number of hydrogen-bond donors (Lipinski definition) is 7. The van der Waals surface area contributed by atoms with E-state index in [-0.39, 0.29) is 49.2 Å². The SMILES string of the molecule is COC1C(O)C(C)OC(OC2C(OC3C(Oc4cccc5c(O)c6c(=O)oc7ccc(C)c8c(=O)oc(c45)c6c78)OC(C)C(O)C3O)OC(C)C(O)C2O)C1O. The lowest BCUT2D eigenvalue weighted by atomic mass is 9.95. The predicted molar refractivity (Wildman–Crippen MR) is 191 cm³/mol. The van der Waals surface area contributed by atoms with Gasteiger partial charge in [-0.1, -0.05) is 18.2 Å². The lowest BCUT2D eigenvalue weighted by Gasteiger charge is -2.48. The lowest BCUT2D eigenvalue weighted by molar-refractivity contribution is -0.384. The Morgan fingerprint density at radius 3 is 1.86 bits per heavy atom. The molecule has 7 N–H and O–H groups in total. The summed E-state index contributed by atoms with van der Waals surface area (Å²) >= 11 is 0. The molecule has 302 valence electrons. The fourth-order valence-electron chi connectivity index (χ4n) is 7.99. The van der Waals surface area contributed by atoms with Gasteiger partial charge in [0.15, 0.2) is 24.3 Å². The number of phenolic OH excluding ortho intramolecular Hbond substituents is 1. The number of aliphatic hydroxyl groups excluding tert-OH is 6. The molecule has 18 heteroatoms. The minimum atomic E-state index is -1.74. The van der Waals surface area contributed by atoms with Crippen LogP contribution in [0.1, 0.15) is 26.3 Å². The van der Waals surface area contributed by atoms with E-state index in [9.17, 15) is 45.3 Å². The van der Waals surface area contributed by atoms with E-state index in [0.29, 0.717) is 5.56 Å². The second-order valence-corrected chi connectivity index (χ2v) is 14.6. The van der Waals surface area contributed by atoms with Gasteiger partial charge in [-0.2, -0.15) is 0 Å². The number of fused-ring (bicyclic) bond motifs is 2. The van der Waals surface area contributed by atoms with Gasteiger partial charge in [0.05, 0.1) is 29.1 Å². The molecule has 0 aliphatic carbocycles. The highest BCUT2D eigenvalue weighted by Crippen LogP contribution is 2.45. The Kier molecular flexibility index (Phi) is 10.00. The summed E-state index contributed by atoms with van der Waals surface area (Å²) in [7, 11) is 1.27. The molecular formula is C38H42O18. The number of methoxy groups -OCH3 is 1. The number of rotatable bonds is 7. The fraction of sp³-hybridized carbons (Fsp3) is 0.526. The fourth-order valence-corrected chi connectivity index (χ4v) is 7.99. The van der Waals surface area contributed by atoms with Gasteiger partial charge in [0.25, 0.3) is 0 Å². The van der Waals surface area contributed by atoms with E-state index in [1.807, 2.05) is 0 Å². The van der Waals surface area contributed by atoms with Crippen LogP contribution in [-0.2, 0) is 28.4 Å². The molecule has 3 aliphatic heterocycles. The van der Waals surface area contributed by atoms with E-state index in [1.165, 1.54) is 52.1 Å². The van der Waals surface area contributed by atoms with E-state index >= 15 is 0 Å². The van der Waals surface area contributed by atoms with E-state index in [2.05, 4.69) is 0 Å². The predicted octanol–water partition coefficient (Wildman–Crippen LogP) is 0.222. The molecule has 0 radical (unpaired) electrons. The van der Waals surface area contributed by atoms with Crippen LogP contribution >= 0.6 is 0 Å². The van der Waals surface area contributed by atoms with Gasteiger partial charge < -0.3 is 77.7 Å². The zero-order valence-corrected chi connectivity index (χ0v) is 30.7. The van der Waals surface area contributed by atoms with Crippen LogP contribution in [0.2, 0.25) is 0 Å². The van der Waals surface area contributed by atoms with Gasteiger partial charge >= 0.3 is 11.3 Å². The summed E-state index contributed by atoms with van der Waals surface area (Å²) in [5.41, 5.74) is -1.10. The van der Waals surface area contributed by atoms with Gasteiger partial charge in [0.2, 0.25) is 6.29 Å². The number of hydrogen-bond acceptors (Lipinski definition) is 18. The molecule has 56 heavy (non-hydrogen) atoms. The molecule has 0 saturated carbocycles. The summed E-state index contributed by atoms with van der Waals surface area (Å²) in [6.45, 7) is 6.12. The zero-order chi connectivity index (χ0) is 40.1. The topological polar surface area (TPSA) is 267 Å². The zero-order valence-electron chi connectivity index (χ0n) is 30.7. The van der Waals surface area contributed by atoms with Crippen molar-refractivity contribution in [2.24, 2.45) is 0 Å².